The van der Waals surface area contributed by atoms with Crippen molar-refractivity contribution in [2.45, 2.75) is 65.0 Å². The molecule has 0 aliphatic heterocycles. The second-order valence-electron chi connectivity index (χ2n) is 6.30. The third-order valence-electron chi connectivity index (χ3n) is 4.93. The lowest BCUT2D eigenvalue weighted by atomic mass is 9.92. The molecule has 1 atom stereocenters. The number of hydrogen-bond donors (Lipinski definition) is 0. The molecule has 2 nitrogen and oxygen atoms in total. The summed E-state index contributed by atoms with van der Waals surface area (Å²) in [6.45, 7) is 6.20. The maximum Gasteiger partial charge on any atom is 0.179 e. The van der Waals surface area contributed by atoms with Crippen LogP contribution in [0.2, 0.25) is 0 Å². The van der Waals surface area contributed by atoms with Gasteiger partial charge in [-0.05, 0) is 57.9 Å². The standard InChI is InChI=1S/C18H27NO/c1-13-10-11-16(12-14(13)2)18(20)15(3)19(4)17-8-6-5-7-9-17/h10-12,15,17H,5-9H2,1-4H3. The predicted octanol–water partition coefficient (Wildman–Crippen LogP) is 4.14. The zero-order valence-electron chi connectivity index (χ0n) is 13.3. The summed E-state index contributed by atoms with van der Waals surface area (Å²) in [7, 11) is 2.11. The van der Waals surface area contributed by atoms with Gasteiger partial charge in [0, 0.05) is 11.6 Å². The van der Waals surface area contributed by atoms with Gasteiger partial charge in [0.05, 0.1) is 6.04 Å². The van der Waals surface area contributed by atoms with Gasteiger partial charge >= 0.3 is 0 Å². The Bertz CT molecular complexity index is 474. The van der Waals surface area contributed by atoms with Gasteiger partial charge in [-0.15, -0.1) is 0 Å². The predicted molar refractivity (Wildman–Crippen MR) is 84.3 cm³/mol. The van der Waals surface area contributed by atoms with E-state index < -0.39 is 0 Å². The lowest BCUT2D eigenvalue weighted by molar-refractivity contribution is 0.0778. The Hall–Kier alpha value is -1.15. The van der Waals surface area contributed by atoms with Crippen molar-refractivity contribution in [3.05, 3.63) is 34.9 Å². The molecule has 0 bridgehead atoms. The summed E-state index contributed by atoms with van der Waals surface area (Å²) in [5.41, 5.74) is 3.29. The van der Waals surface area contributed by atoms with Gasteiger partial charge < -0.3 is 0 Å². The van der Waals surface area contributed by atoms with Crippen molar-refractivity contribution < 1.29 is 4.79 Å². The largest absolute Gasteiger partial charge is 0.294 e. The third-order valence-corrected chi connectivity index (χ3v) is 4.93. The summed E-state index contributed by atoms with van der Waals surface area (Å²) in [4.78, 5) is 14.9. The van der Waals surface area contributed by atoms with Crippen LogP contribution in [0.15, 0.2) is 18.2 Å². The molecule has 1 saturated carbocycles. The summed E-state index contributed by atoms with van der Waals surface area (Å²) >= 11 is 0. The van der Waals surface area contributed by atoms with Gasteiger partial charge in [0.2, 0.25) is 0 Å². The van der Waals surface area contributed by atoms with Crippen molar-refractivity contribution in [2.75, 3.05) is 7.05 Å². The topological polar surface area (TPSA) is 20.3 Å². The highest BCUT2D eigenvalue weighted by Gasteiger charge is 2.26. The highest BCUT2D eigenvalue weighted by atomic mass is 16.1. The van der Waals surface area contributed by atoms with Crippen molar-refractivity contribution in [1.29, 1.82) is 0 Å². The number of aryl methyl sites for hydroxylation is 2. The van der Waals surface area contributed by atoms with Crippen LogP contribution in [0, 0.1) is 13.8 Å². The molecule has 0 aromatic heterocycles. The van der Waals surface area contributed by atoms with Crippen LogP contribution in [0.4, 0.5) is 0 Å². The summed E-state index contributed by atoms with van der Waals surface area (Å²) in [6.07, 6.45) is 6.44. The van der Waals surface area contributed by atoms with Crippen LogP contribution in [0.3, 0.4) is 0 Å². The van der Waals surface area contributed by atoms with E-state index in [0.29, 0.717) is 6.04 Å². The molecular weight excluding hydrogens is 246 g/mol. The maximum atomic E-state index is 12.7. The SMILES string of the molecule is Cc1ccc(C(=O)C(C)N(C)C2CCCCC2)cc1C. The molecule has 0 radical (unpaired) electrons. The highest BCUT2D eigenvalue weighted by molar-refractivity contribution is 6.00. The van der Waals surface area contributed by atoms with E-state index in [1.54, 1.807) is 0 Å². The minimum atomic E-state index is -0.0276. The zero-order valence-corrected chi connectivity index (χ0v) is 13.3. The molecule has 0 saturated heterocycles. The molecule has 110 valence electrons. The van der Waals surface area contributed by atoms with Gasteiger partial charge in [-0.25, -0.2) is 0 Å². The van der Waals surface area contributed by atoms with Crippen LogP contribution >= 0.6 is 0 Å². The van der Waals surface area contributed by atoms with Crippen LogP contribution in [-0.2, 0) is 0 Å². The number of Topliss-reactive ketones (excluding diaryl/α,β-unsaturated/α-hetero) is 1. The monoisotopic (exact) mass is 273 g/mol. The number of likely N-dealkylation sites (N-methyl/N-ethyl adjacent to an activating group) is 1. The number of ketones is 1. The Labute approximate surface area is 123 Å². The van der Waals surface area contributed by atoms with Gasteiger partial charge in [0.15, 0.2) is 5.78 Å². The quantitative estimate of drug-likeness (QED) is 0.768. The number of hydrogen-bond acceptors (Lipinski definition) is 2. The van der Waals surface area contributed by atoms with Gasteiger partial charge in [-0.1, -0.05) is 31.4 Å². The average Bonchev–Trinajstić information content (AvgIpc) is 2.48. The van der Waals surface area contributed by atoms with E-state index in [9.17, 15) is 4.79 Å². The molecule has 0 spiro atoms. The molecule has 1 aliphatic rings. The normalized spacial score (nSPS) is 18.2. The lowest BCUT2D eigenvalue weighted by Crippen LogP contribution is -2.43. The summed E-state index contributed by atoms with van der Waals surface area (Å²) in [5, 5.41) is 0. The fourth-order valence-corrected chi connectivity index (χ4v) is 3.13. The van der Waals surface area contributed by atoms with Crippen LogP contribution in [0.5, 0.6) is 0 Å². The first-order chi connectivity index (χ1) is 9.50. The van der Waals surface area contributed by atoms with Crippen LogP contribution in [0.25, 0.3) is 0 Å². The first-order valence-electron chi connectivity index (χ1n) is 7.84. The molecule has 1 aromatic rings. The Balaban J connectivity index is 2.08. The smallest absolute Gasteiger partial charge is 0.179 e. The van der Waals surface area contributed by atoms with E-state index in [1.165, 1.54) is 43.2 Å². The van der Waals surface area contributed by atoms with Gasteiger partial charge in [-0.3, -0.25) is 9.69 Å². The molecule has 1 unspecified atom stereocenters. The van der Waals surface area contributed by atoms with Gasteiger partial charge in [-0.2, -0.15) is 0 Å². The third kappa shape index (κ3) is 3.29. The van der Waals surface area contributed by atoms with Crippen molar-refractivity contribution in [2.24, 2.45) is 0 Å². The average molecular weight is 273 g/mol. The van der Waals surface area contributed by atoms with Gasteiger partial charge in [0.1, 0.15) is 0 Å². The van der Waals surface area contributed by atoms with E-state index in [4.69, 9.17) is 0 Å². The van der Waals surface area contributed by atoms with Crippen LogP contribution in [0.1, 0.15) is 60.5 Å². The highest BCUT2D eigenvalue weighted by Crippen LogP contribution is 2.24. The molecule has 0 amide bonds. The molecule has 1 aromatic carbocycles. The number of rotatable bonds is 4. The molecule has 20 heavy (non-hydrogen) atoms. The van der Waals surface area contributed by atoms with Crippen molar-refractivity contribution >= 4 is 5.78 Å². The lowest BCUT2D eigenvalue weighted by Gasteiger charge is -2.34. The molecule has 1 aliphatic carbocycles. The second kappa shape index (κ2) is 6.53. The molecule has 2 heteroatoms. The Kier molecular flexibility index (Phi) is 4.98. The fraction of sp³-hybridized carbons (Fsp3) is 0.611. The minimum absolute atomic E-state index is 0.0276. The number of carbonyl (C=O) groups is 1. The molecular formula is C18H27NO. The molecule has 1 fully saturated rings. The molecule has 0 N–H and O–H groups in total. The Morgan fingerprint density at radius 3 is 2.40 bits per heavy atom. The zero-order chi connectivity index (χ0) is 14.7. The summed E-state index contributed by atoms with van der Waals surface area (Å²) in [6, 6.07) is 6.60. The van der Waals surface area contributed by atoms with E-state index in [1.807, 2.05) is 19.1 Å². The maximum absolute atomic E-state index is 12.7. The van der Waals surface area contributed by atoms with Crippen molar-refractivity contribution in [1.82, 2.24) is 4.90 Å². The van der Waals surface area contributed by atoms with Gasteiger partial charge in [0.25, 0.3) is 0 Å². The summed E-state index contributed by atoms with van der Waals surface area (Å²) < 4.78 is 0. The fourth-order valence-electron chi connectivity index (χ4n) is 3.13. The Morgan fingerprint density at radius 2 is 1.80 bits per heavy atom. The summed E-state index contributed by atoms with van der Waals surface area (Å²) in [5.74, 6) is 0.251. The van der Waals surface area contributed by atoms with E-state index in [0.717, 1.165) is 5.56 Å². The Morgan fingerprint density at radius 1 is 1.15 bits per heavy atom. The van der Waals surface area contributed by atoms with Crippen LogP contribution in [-0.4, -0.2) is 29.8 Å². The van der Waals surface area contributed by atoms with Crippen molar-refractivity contribution in [3.63, 3.8) is 0 Å². The number of nitrogens with zero attached hydrogens (tertiary/aromatic N) is 1. The van der Waals surface area contributed by atoms with Crippen LogP contribution < -0.4 is 0 Å². The van der Waals surface area contributed by atoms with E-state index >= 15 is 0 Å². The minimum Gasteiger partial charge on any atom is -0.294 e. The molecule has 2 rings (SSSR count). The first kappa shape index (κ1) is 15.2. The number of benzene rings is 1. The van der Waals surface area contributed by atoms with Crippen molar-refractivity contribution in [3.8, 4) is 0 Å². The number of carbonyl (C=O) groups excluding carboxylic acids is 1. The van der Waals surface area contributed by atoms with E-state index in [2.05, 4.69) is 31.9 Å². The second-order valence-corrected chi connectivity index (χ2v) is 6.30. The molecule has 0 heterocycles. The first-order valence-corrected chi connectivity index (χ1v) is 7.84. The van der Waals surface area contributed by atoms with E-state index in [-0.39, 0.29) is 11.8 Å².